The Balaban J connectivity index is 2.00. The van der Waals surface area contributed by atoms with Crippen LogP contribution in [0.5, 0.6) is 5.75 Å². The largest absolute Gasteiger partial charge is 0.513 e. The van der Waals surface area contributed by atoms with Crippen molar-refractivity contribution in [1.29, 1.82) is 0 Å². The Kier molecular flexibility index (Phi) is 5.28. The lowest BCUT2D eigenvalue weighted by Crippen LogP contribution is -2.08. The molecule has 4 heteroatoms. The number of carbonyl (C=O) groups is 1. The van der Waals surface area contributed by atoms with Crippen LogP contribution in [0.3, 0.4) is 0 Å². The molecule has 0 N–H and O–H groups in total. The van der Waals surface area contributed by atoms with Gasteiger partial charge in [-0.1, -0.05) is 29.8 Å². The molecule has 21 heavy (non-hydrogen) atoms. The zero-order valence-corrected chi connectivity index (χ0v) is 13.3. The van der Waals surface area contributed by atoms with Crippen LogP contribution in [0.15, 0.2) is 53.4 Å². The fraction of sp³-hybridized carbons (Fsp3) is 0.235. The molecule has 0 aliphatic rings. The van der Waals surface area contributed by atoms with E-state index < -0.39 is 6.16 Å². The van der Waals surface area contributed by atoms with E-state index in [0.717, 1.165) is 5.75 Å². The SMILES string of the molecule is COC(=O)Oc1ccc([S+](C)Cc2ccc(C)cc2)cc1. The highest BCUT2D eigenvalue weighted by atomic mass is 32.2. The molecule has 0 aliphatic heterocycles. The van der Waals surface area contributed by atoms with Gasteiger partial charge in [-0.3, -0.25) is 0 Å². The summed E-state index contributed by atoms with van der Waals surface area (Å²) in [6.45, 7) is 2.09. The zero-order chi connectivity index (χ0) is 15.2. The van der Waals surface area contributed by atoms with Gasteiger partial charge in [-0.05, 0) is 31.2 Å². The van der Waals surface area contributed by atoms with Gasteiger partial charge in [0.05, 0.1) is 7.11 Å². The van der Waals surface area contributed by atoms with Gasteiger partial charge in [-0.2, -0.15) is 0 Å². The van der Waals surface area contributed by atoms with Gasteiger partial charge in [0.1, 0.15) is 17.8 Å². The topological polar surface area (TPSA) is 35.5 Å². The van der Waals surface area contributed by atoms with Crippen molar-refractivity contribution in [2.24, 2.45) is 0 Å². The Hall–Kier alpha value is -1.94. The van der Waals surface area contributed by atoms with Crippen LogP contribution >= 0.6 is 0 Å². The van der Waals surface area contributed by atoms with E-state index in [0.29, 0.717) is 5.75 Å². The van der Waals surface area contributed by atoms with Gasteiger partial charge < -0.3 is 9.47 Å². The Labute approximate surface area is 128 Å². The maximum absolute atomic E-state index is 11.0. The maximum Gasteiger partial charge on any atom is 0.513 e. The normalized spacial score (nSPS) is 11.8. The highest BCUT2D eigenvalue weighted by Crippen LogP contribution is 2.20. The molecule has 1 unspecified atom stereocenters. The summed E-state index contributed by atoms with van der Waals surface area (Å²) in [6, 6.07) is 16.2. The van der Waals surface area contributed by atoms with E-state index in [1.807, 2.05) is 12.1 Å². The summed E-state index contributed by atoms with van der Waals surface area (Å²) < 4.78 is 9.43. The van der Waals surface area contributed by atoms with Crippen molar-refractivity contribution in [2.75, 3.05) is 13.4 Å². The second-order valence-electron chi connectivity index (χ2n) is 4.79. The Bertz CT molecular complexity index is 590. The molecule has 2 aromatic rings. The van der Waals surface area contributed by atoms with Crippen LogP contribution in [-0.2, 0) is 21.4 Å². The van der Waals surface area contributed by atoms with Gasteiger partial charge in [-0.25, -0.2) is 4.79 Å². The van der Waals surface area contributed by atoms with Gasteiger partial charge in [0.2, 0.25) is 0 Å². The molecule has 0 saturated carbocycles. The molecular weight excluding hydrogens is 284 g/mol. The first-order valence-electron chi connectivity index (χ1n) is 6.62. The lowest BCUT2D eigenvalue weighted by molar-refractivity contribution is 0.121. The molecule has 0 radical (unpaired) electrons. The summed E-state index contributed by atoms with van der Waals surface area (Å²) in [5.74, 6) is 1.51. The smallest absolute Gasteiger partial charge is 0.437 e. The summed E-state index contributed by atoms with van der Waals surface area (Å²) in [5.41, 5.74) is 2.61. The second kappa shape index (κ2) is 7.18. The standard InChI is InChI=1S/C17H19O3S/c1-13-4-6-14(7-5-13)12-21(3)16-10-8-15(9-11-16)20-17(18)19-2/h4-11H,12H2,1-3H3/q+1. The fourth-order valence-electron chi connectivity index (χ4n) is 1.90. The lowest BCUT2D eigenvalue weighted by atomic mass is 10.2. The van der Waals surface area contributed by atoms with Crippen LogP contribution in [0.25, 0.3) is 0 Å². The number of hydrogen-bond donors (Lipinski definition) is 0. The van der Waals surface area contributed by atoms with Crippen LogP contribution in [0.4, 0.5) is 4.79 Å². The van der Waals surface area contributed by atoms with Gasteiger partial charge in [0.15, 0.2) is 4.90 Å². The molecule has 0 spiro atoms. The van der Waals surface area contributed by atoms with Crippen molar-refractivity contribution in [2.45, 2.75) is 17.6 Å². The van der Waals surface area contributed by atoms with E-state index in [1.54, 1.807) is 12.1 Å². The third-order valence-electron chi connectivity index (χ3n) is 3.10. The minimum Gasteiger partial charge on any atom is -0.437 e. The molecule has 2 aromatic carbocycles. The molecule has 0 bridgehead atoms. The summed E-state index contributed by atoms with van der Waals surface area (Å²) in [7, 11) is 1.41. The number of benzene rings is 2. The van der Waals surface area contributed by atoms with Crippen LogP contribution in [0.2, 0.25) is 0 Å². The number of hydrogen-bond acceptors (Lipinski definition) is 3. The van der Waals surface area contributed by atoms with Crippen molar-refractivity contribution in [3.8, 4) is 5.75 Å². The monoisotopic (exact) mass is 303 g/mol. The van der Waals surface area contributed by atoms with E-state index in [-0.39, 0.29) is 10.9 Å². The van der Waals surface area contributed by atoms with E-state index in [2.05, 4.69) is 42.2 Å². The zero-order valence-electron chi connectivity index (χ0n) is 12.5. The lowest BCUT2D eigenvalue weighted by Gasteiger charge is -2.05. The maximum atomic E-state index is 11.0. The van der Waals surface area contributed by atoms with E-state index in [1.165, 1.54) is 23.1 Å². The van der Waals surface area contributed by atoms with Crippen LogP contribution in [-0.4, -0.2) is 19.5 Å². The number of rotatable bonds is 4. The highest BCUT2D eigenvalue weighted by Gasteiger charge is 2.16. The molecule has 0 aromatic heterocycles. The van der Waals surface area contributed by atoms with Crippen LogP contribution in [0, 0.1) is 6.92 Å². The van der Waals surface area contributed by atoms with Gasteiger partial charge in [0, 0.05) is 16.5 Å². The number of aryl methyl sites for hydroxylation is 1. The molecule has 110 valence electrons. The van der Waals surface area contributed by atoms with Crippen molar-refractivity contribution in [3.05, 3.63) is 59.7 Å². The number of carbonyl (C=O) groups excluding carboxylic acids is 1. The first-order valence-corrected chi connectivity index (χ1v) is 8.42. The summed E-state index contributed by atoms with van der Waals surface area (Å²) in [6.07, 6.45) is 1.52. The predicted octanol–water partition coefficient (Wildman–Crippen LogP) is 3.95. The molecule has 1 atom stereocenters. The van der Waals surface area contributed by atoms with Gasteiger partial charge >= 0.3 is 6.16 Å². The van der Waals surface area contributed by atoms with Crippen molar-refractivity contribution in [1.82, 2.24) is 0 Å². The average molecular weight is 303 g/mol. The van der Waals surface area contributed by atoms with Crippen molar-refractivity contribution in [3.63, 3.8) is 0 Å². The third-order valence-corrected chi connectivity index (χ3v) is 4.94. The van der Waals surface area contributed by atoms with Gasteiger partial charge in [-0.15, -0.1) is 0 Å². The highest BCUT2D eigenvalue weighted by molar-refractivity contribution is 7.95. The summed E-state index contributed by atoms with van der Waals surface area (Å²) >= 11 is 0. The fourth-order valence-corrected chi connectivity index (χ4v) is 3.36. The molecule has 3 nitrogen and oxygen atoms in total. The minimum absolute atomic E-state index is 0.115. The van der Waals surface area contributed by atoms with Crippen LogP contribution in [0.1, 0.15) is 11.1 Å². The van der Waals surface area contributed by atoms with Crippen molar-refractivity contribution < 1.29 is 14.3 Å². The van der Waals surface area contributed by atoms with Crippen LogP contribution < -0.4 is 4.74 Å². The molecule has 0 aliphatic carbocycles. The quantitative estimate of drug-likeness (QED) is 0.487. The molecule has 0 fully saturated rings. The Morgan fingerprint density at radius 3 is 2.24 bits per heavy atom. The third kappa shape index (κ3) is 4.53. The van der Waals surface area contributed by atoms with Gasteiger partial charge in [0.25, 0.3) is 0 Å². The Morgan fingerprint density at radius 2 is 1.67 bits per heavy atom. The minimum atomic E-state index is -0.696. The van der Waals surface area contributed by atoms with Crippen molar-refractivity contribution >= 4 is 17.1 Å². The summed E-state index contributed by atoms with van der Waals surface area (Å²) in [4.78, 5) is 12.3. The summed E-state index contributed by atoms with van der Waals surface area (Å²) in [5, 5.41) is 0. The second-order valence-corrected chi connectivity index (χ2v) is 6.83. The molecule has 0 saturated heterocycles. The number of ether oxygens (including phenoxy) is 2. The van der Waals surface area contributed by atoms with E-state index in [9.17, 15) is 4.79 Å². The molecule has 0 amide bonds. The molecule has 0 heterocycles. The van der Waals surface area contributed by atoms with E-state index >= 15 is 0 Å². The molecule has 2 rings (SSSR count). The predicted molar refractivity (Wildman–Crippen MR) is 85.9 cm³/mol. The molecular formula is C17H19O3S+. The first-order chi connectivity index (χ1) is 10.1. The average Bonchev–Trinajstić information content (AvgIpc) is 2.50. The first kappa shape index (κ1) is 15.4. The Morgan fingerprint density at radius 1 is 1.05 bits per heavy atom. The van der Waals surface area contributed by atoms with E-state index in [4.69, 9.17) is 4.74 Å². The number of methoxy groups -OCH3 is 1.